The van der Waals surface area contributed by atoms with Crippen LogP contribution in [0.25, 0.3) is 0 Å². The molecule has 96 valence electrons. The molecule has 2 aliphatic heterocycles. The normalized spacial score (nSPS) is 25.6. The maximum absolute atomic E-state index is 12.2. The van der Waals surface area contributed by atoms with Crippen molar-refractivity contribution >= 4 is 15.9 Å². The summed E-state index contributed by atoms with van der Waals surface area (Å²) in [6.45, 7) is 0.0627. The third-order valence-electron chi connectivity index (χ3n) is 3.15. The van der Waals surface area contributed by atoms with Gasteiger partial charge in [-0.1, -0.05) is 18.2 Å². The zero-order chi connectivity index (χ0) is 12.9. The van der Waals surface area contributed by atoms with E-state index in [4.69, 9.17) is 9.88 Å². The Morgan fingerprint density at radius 2 is 2.06 bits per heavy atom. The predicted molar refractivity (Wildman–Crippen MR) is 63.1 cm³/mol. The summed E-state index contributed by atoms with van der Waals surface area (Å²) >= 11 is 0. The van der Waals surface area contributed by atoms with Crippen molar-refractivity contribution in [3.05, 3.63) is 35.4 Å². The van der Waals surface area contributed by atoms with Gasteiger partial charge in [0.15, 0.2) is 6.23 Å². The summed E-state index contributed by atoms with van der Waals surface area (Å²) in [6, 6.07) is 7.20. The Morgan fingerprint density at radius 3 is 2.78 bits per heavy atom. The Bertz CT molecular complexity index is 613. The van der Waals surface area contributed by atoms with Crippen molar-refractivity contribution in [1.29, 1.82) is 0 Å². The van der Waals surface area contributed by atoms with Crippen LogP contribution in [0, 0.1) is 0 Å². The molecule has 1 saturated heterocycles. The number of carbonyl (C=O) groups excluding carboxylic acids is 1. The quantitative estimate of drug-likeness (QED) is 0.770. The molecular weight excluding hydrogens is 256 g/mol. The van der Waals surface area contributed by atoms with Gasteiger partial charge in [0.25, 0.3) is 5.91 Å². The summed E-state index contributed by atoms with van der Waals surface area (Å²) in [5, 5.41) is 4.95. The van der Waals surface area contributed by atoms with E-state index in [0.29, 0.717) is 5.56 Å². The van der Waals surface area contributed by atoms with Gasteiger partial charge >= 0.3 is 0 Å². The van der Waals surface area contributed by atoms with Gasteiger partial charge in [-0.15, -0.1) is 0 Å². The van der Waals surface area contributed by atoms with Crippen molar-refractivity contribution in [1.82, 2.24) is 4.90 Å². The molecule has 7 heteroatoms. The Hall–Kier alpha value is -1.44. The highest BCUT2D eigenvalue weighted by Gasteiger charge is 2.52. The van der Waals surface area contributed by atoms with E-state index < -0.39 is 10.0 Å². The number of benzene rings is 1. The third-order valence-corrected chi connectivity index (χ3v) is 3.90. The molecule has 1 amide bonds. The van der Waals surface area contributed by atoms with Crippen LogP contribution in [-0.2, 0) is 14.8 Å². The molecule has 0 aliphatic carbocycles. The minimum Gasteiger partial charge on any atom is -0.342 e. The van der Waals surface area contributed by atoms with Crippen molar-refractivity contribution in [3.8, 4) is 0 Å². The number of epoxide rings is 1. The first-order valence-corrected chi connectivity index (χ1v) is 7.25. The first-order chi connectivity index (χ1) is 8.47. The number of hydrogen-bond donors (Lipinski definition) is 1. The summed E-state index contributed by atoms with van der Waals surface area (Å²) in [4.78, 5) is 13.6. The minimum atomic E-state index is -3.58. The van der Waals surface area contributed by atoms with Crippen LogP contribution in [0.2, 0.25) is 0 Å². The number of amides is 1. The maximum Gasteiger partial charge on any atom is 0.256 e. The molecule has 0 aromatic heterocycles. The molecule has 2 heterocycles. The van der Waals surface area contributed by atoms with Gasteiger partial charge < -0.3 is 9.64 Å². The Morgan fingerprint density at radius 1 is 1.33 bits per heavy atom. The third kappa shape index (κ3) is 1.90. The molecule has 1 fully saturated rings. The molecule has 2 unspecified atom stereocenters. The molecule has 2 atom stereocenters. The predicted octanol–water partition coefficient (Wildman–Crippen LogP) is -0.172. The summed E-state index contributed by atoms with van der Waals surface area (Å²) in [5.74, 6) is -0.457. The number of rotatable bonds is 3. The molecule has 3 rings (SSSR count). The van der Waals surface area contributed by atoms with Crippen LogP contribution in [-0.4, -0.2) is 37.8 Å². The molecule has 0 radical (unpaired) electrons. The summed E-state index contributed by atoms with van der Waals surface area (Å²) in [5.41, 5.74) is 1.45. The molecule has 0 bridgehead atoms. The number of primary sulfonamides is 1. The van der Waals surface area contributed by atoms with Gasteiger partial charge in [0, 0.05) is 12.1 Å². The van der Waals surface area contributed by atoms with E-state index >= 15 is 0 Å². The Kier molecular flexibility index (Phi) is 2.44. The lowest BCUT2D eigenvalue weighted by Gasteiger charge is -2.24. The Balaban J connectivity index is 1.86. The lowest BCUT2D eigenvalue weighted by molar-refractivity contribution is 0.0681. The standard InChI is InChI=1S/C11H12N2O4S/c12-18(15,16)6-5-13-10(14)8-4-2-1-3-7(8)9-11(13)17-9/h1-4,9,11H,5-6H2,(H2,12,15,16). The van der Waals surface area contributed by atoms with Crippen LogP contribution in [0.5, 0.6) is 0 Å². The molecule has 18 heavy (non-hydrogen) atoms. The minimum absolute atomic E-state index is 0.0627. The lowest BCUT2D eigenvalue weighted by atomic mass is 9.99. The number of ether oxygens (including phenoxy) is 1. The molecular formula is C11H12N2O4S. The largest absolute Gasteiger partial charge is 0.342 e. The number of sulfonamides is 1. The Labute approximate surface area is 104 Å². The zero-order valence-corrected chi connectivity index (χ0v) is 10.3. The highest BCUT2D eigenvalue weighted by atomic mass is 32.2. The van der Waals surface area contributed by atoms with Gasteiger partial charge in [-0.3, -0.25) is 4.79 Å². The fourth-order valence-electron chi connectivity index (χ4n) is 2.23. The molecule has 1 aromatic carbocycles. The number of fused-ring (bicyclic) bond motifs is 3. The second kappa shape index (κ2) is 3.78. The van der Waals surface area contributed by atoms with Gasteiger partial charge in [-0.25, -0.2) is 13.6 Å². The fraction of sp³-hybridized carbons (Fsp3) is 0.364. The number of hydrogen-bond acceptors (Lipinski definition) is 4. The lowest BCUT2D eigenvalue weighted by Crippen LogP contribution is -2.41. The van der Waals surface area contributed by atoms with Gasteiger partial charge in [-0.05, 0) is 11.6 Å². The number of nitrogens with two attached hydrogens (primary N) is 1. The van der Waals surface area contributed by atoms with Gasteiger partial charge in [-0.2, -0.15) is 0 Å². The average Bonchev–Trinajstić information content (AvgIpc) is 3.08. The van der Waals surface area contributed by atoms with Crippen LogP contribution >= 0.6 is 0 Å². The van der Waals surface area contributed by atoms with Crippen molar-refractivity contribution in [2.45, 2.75) is 12.3 Å². The van der Waals surface area contributed by atoms with Gasteiger partial charge in [0.1, 0.15) is 6.10 Å². The van der Waals surface area contributed by atoms with E-state index in [0.717, 1.165) is 5.56 Å². The SMILES string of the molecule is NS(=O)(=O)CCN1C(=O)c2ccccc2C2OC21. The molecule has 2 aliphatic rings. The first kappa shape index (κ1) is 11.6. The zero-order valence-electron chi connectivity index (χ0n) is 9.44. The molecule has 0 saturated carbocycles. The van der Waals surface area contributed by atoms with E-state index in [9.17, 15) is 13.2 Å². The number of carbonyl (C=O) groups is 1. The molecule has 2 N–H and O–H groups in total. The van der Waals surface area contributed by atoms with Gasteiger partial charge in [0.05, 0.1) is 5.75 Å². The first-order valence-electron chi connectivity index (χ1n) is 5.53. The van der Waals surface area contributed by atoms with Crippen LogP contribution in [0.15, 0.2) is 24.3 Å². The van der Waals surface area contributed by atoms with Crippen LogP contribution in [0.4, 0.5) is 0 Å². The smallest absolute Gasteiger partial charge is 0.256 e. The second-order valence-corrected chi connectivity index (χ2v) is 6.13. The highest BCUT2D eigenvalue weighted by Crippen LogP contribution is 2.46. The molecule has 1 aromatic rings. The maximum atomic E-state index is 12.2. The van der Waals surface area contributed by atoms with Crippen molar-refractivity contribution in [2.75, 3.05) is 12.3 Å². The summed E-state index contributed by atoms with van der Waals surface area (Å²) in [6.07, 6.45) is -0.464. The second-order valence-electron chi connectivity index (χ2n) is 4.40. The molecule has 0 spiro atoms. The van der Waals surface area contributed by atoms with Crippen molar-refractivity contribution < 1.29 is 17.9 Å². The van der Waals surface area contributed by atoms with E-state index in [2.05, 4.69) is 0 Å². The van der Waals surface area contributed by atoms with E-state index in [1.165, 1.54) is 4.90 Å². The van der Waals surface area contributed by atoms with Crippen LogP contribution in [0.3, 0.4) is 0 Å². The summed E-state index contributed by atoms with van der Waals surface area (Å²) in [7, 11) is -3.58. The van der Waals surface area contributed by atoms with Crippen molar-refractivity contribution in [2.24, 2.45) is 5.14 Å². The highest BCUT2D eigenvalue weighted by molar-refractivity contribution is 7.89. The number of nitrogens with zero attached hydrogens (tertiary/aromatic N) is 1. The van der Waals surface area contributed by atoms with E-state index in [1.54, 1.807) is 12.1 Å². The molecule has 6 nitrogen and oxygen atoms in total. The van der Waals surface area contributed by atoms with Crippen molar-refractivity contribution in [3.63, 3.8) is 0 Å². The summed E-state index contributed by atoms with van der Waals surface area (Å²) < 4.78 is 27.3. The van der Waals surface area contributed by atoms with Crippen LogP contribution in [0.1, 0.15) is 22.0 Å². The topological polar surface area (TPSA) is 93.0 Å². The fourth-order valence-corrected chi connectivity index (χ4v) is 2.68. The van der Waals surface area contributed by atoms with Gasteiger partial charge in [0.2, 0.25) is 10.0 Å². The van der Waals surface area contributed by atoms with E-state index in [-0.39, 0.29) is 30.5 Å². The van der Waals surface area contributed by atoms with Crippen LogP contribution < -0.4 is 5.14 Å². The monoisotopic (exact) mass is 268 g/mol. The van der Waals surface area contributed by atoms with E-state index in [1.807, 2.05) is 12.1 Å². The average molecular weight is 268 g/mol.